The summed E-state index contributed by atoms with van der Waals surface area (Å²) in [5.41, 5.74) is 4.29. The Labute approximate surface area is 195 Å². The minimum atomic E-state index is -3.60. The second-order valence-electron chi connectivity index (χ2n) is 8.64. The molecule has 0 saturated carbocycles. The first kappa shape index (κ1) is 23.2. The quantitative estimate of drug-likeness (QED) is 0.513. The number of para-hydroxylation sites is 1. The van der Waals surface area contributed by atoms with Gasteiger partial charge in [-0.05, 0) is 56.9 Å². The molecular weight excluding hydrogens is 438 g/mol. The predicted octanol–water partition coefficient (Wildman–Crippen LogP) is 3.94. The Balaban J connectivity index is 1.34. The van der Waals surface area contributed by atoms with Crippen molar-refractivity contribution in [2.24, 2.45) is 5.92 Å². The van der Waals surface area contributed by atoms with E-state index in [1.807, 2.05) is 69.4 Å². The fraction of sp³-hybridized carbons (Fsp3) is 0.360. The fourth-order valence-corrected chi connectivity index (χ4v) is 6.34. The summed E-state index contributed by atoms with van der Waals surface area (Å²) < 4.78 is 35.2. The highest BCUT2D eigenvalue weighted by Crippen LogP contribution is 2.29. The van der Waals surface area contributed by atoms with E-state index in [0.717, 1.165) is 27.9 Å². The molecule has 0 atom stereocenters. The van der Waals surface area contributed by atoms with Crippen LogP contribution >= 0.6 is 0 Å². The number of carbonyl (C=O) groups excluding carboxylic acids is 1. The third kappa shape index (κ3) is 5.02. The van der Waals surface area contributed by atoms with Gasteiger partial charge in [-0.25, -0.2) is 13.1 Å². The van der Waals surface area contributed by atoms with Gasteiger partial charge in [-0.3, -0.25) is 4.79 Å². The van der Waals surface area contributed by atoms with Crippen LogP contribution in [0.5, 0.6) is 0 Å². The van der Waals surface area contributed by atoms with Crippen molar-refractivity contribution in [1.82, 2.24) is 14.1 Å². The summed E-state index contributed by atoms with van der Waals surface area (Å²) in [5.74, 6) is -0.594. The molecule has 2 aromatic carbocycles. The van der Waals surface area contributed by atoms with Gasteiger partial charge < -0.3 is 4.74 Å². The summed E-state index contributed by atoms with van der Waals surface area (Å²) in [6, 6.07) is 13.5. The maximum Gasteiger partial charge on any atom is 0.309 e. The molecule has 8 heteroatoms. The highest BCUT2D eigenvalue weighted by molar-refractivity contribution is 7.89. The van der Waals surface area contributed by atoms with E-state index >= 15 is 0 Å². The molecule has 1 aliphatic rings. The van der Waals surface area contributed by atoms with Crippen molar-refractivity contribution in [3.05, 3.63) is 77.1 Å². The number of ether oxygens (including phenoxy) is 1. The molecule has 0 unspecified atom stereocenters. The van der Waals surface area contributed by atoms with Crippen molar-refractivity contribution in [2.45, 2.75) is 45.1 Å². The van der Waals surface area contributed by atoms with Crippen molar-refractivity contribution >= 4 is 16.0 Å². The Kier molecular flexibility index (Phi) is 6.67. The van der Waals surface area contributed by atoms with Crippen molar-refractivity contribution in [1.29, 1.82) is 0 Å². The smallest absolute Gasteiger partial charge is 0.309 e. The van der Waals surface area contributed by atoms with Gasteiger partial charge in [-0.2, -0.15) is 9.40 Å². The molecule has 1 fully saturated rings. The minimum Gasteiger partial charge on any atom is -0.460 e. The SMILES string of the molecule is Cc1cc(C)c(S(=O)(=O)N2CCC(C(=O)OCc3cnn(-c4ccccc4)c3)CC2)c(C)c1. The summed E-state index contributed by atoms with van der Waals surface area (Å²) in [6.45, 7) is 6.38. The van der Waals surface area contributed by atoms with E-state index in [9.17, 15) is 13.2 Å². The maximum atomic E-state index is 13.2. The van der Waals surface area contributed by atoms with Crippen LogP contribution < -0.4 is 0 Å². The largest absolute Gasteiger partial charge is 0.460 e. The van der Waals surface area contributed by atoms with Gasteiger partial charge in [0.25, 0.3) is 0 Å². The average Bonchev–Trinajstić information content (AvgIpc) is 3.26. The molecule has 0 aliphatic carbocycles. The van der Waals surface area contributed by atoms with E-state index < -0.39 is 10.0 Å². The first-order valence-electron chi connectivity index (χ1n) is 11.1. The summed E-state index contributed by atoms with van der Waals surface area (Å²) >= 11 is 0. The van der Waals surface area contributed by atoms with Gasteiger partial charge in [0.15, 0.2) is 0 Å². The molecule has 1 saturated heterocycles. The Bertz CT molecular complexity index is 1220. The number of benzene rings is 2. The number of rotatable bonds is 6. The van der Waals surface area contributed by atoms with Crippen LogP contribution in [0.4, 0.5) is 0 Å². The number of piperidine rings is 1. The van der Waals surface area contributed by atoms with E-state index in [-0.39, 0.29) is 18.5 Å². The van der Waals surface area contributed by atoms with Gasteiger partial charge in [0.1, 0.15) is 6.61 Å². The summed E-state index contributed by atoms with van der Waals surface area (Å²) in [5, 5.41) is 4.31. The van der Waals surface area contributed by atoms with Crippen molar-refractivity contribution in [3.63, 3.8) is 0 Å². The van der Waals surface area contributed by atoms with Crippen LogP contribution in [-0.4, -0.2) is 41.6 Å². The van der Waals surface area contributed by atoms with E-state index in [2.05, 4.69) is 5.10 Å². The van der Waals surface area contributed by atoms with Gasteiger partial charge in [0.2, 0.25) is 10.0 Å². The molecule has 3 aromatic rings. The average molecular weight is 468 g/mol. The van der Waals surface area contributed by atoms with Gasteiger partial charge >= 0.3 is 5.97 Å². The molecule has 7 nitrogen and oxygen atoms in total. The molecule has 1 aliphatic heterocycles. The summed E-state index contributed by atoms with van der Waals surface area (Å²) in [7, 11) is -3.60. The van der Waals surface area contributed by atoms with Crippen molar-refractivity contribution < 1.29 is 17.9 Å². The normalized spacial score (nSPS) is 15.5. The molecule has 0 bridgehead atoms. The molecule has 4 rings (SSSR count). The number of hydrogen-bond acceptors (Lipinski definition) is 5. The minimum absolute atomic E-state index is 0.145. The highest BCUT2D eigenvalue weighted by atomic mass is 32.2. The van der Waals surface area contributed by atoms with Gasteiger partial charge in [-0.1, -0.05) is 35.9 Å². The standard InChI is InChI=1S/C25H29N3O4S/c1-18-13-19(2)24(20(3)14-18)33(30,31)27-11-9-22(10-12-27)25(29)32-17-21-15-26-28(16-21)23-7-5-4-6-8-23/h4-8,13-16,22H,9-12,17H2,1-3H3. The number of aryl methyl sites for hydroxylation is 3. The molecule has 0 N–H and O–H groups in total. The van der Waals surface area contributed by atoms with Crippen molar-refractivity contribution in [3.8, 4) is 5.69 Å². The highest BCUT2D eigenvalue weighted by Gasteiger charge is 2.34. The topological polar surface area (TPSA) is 81.5 Å². The van der Waals surface area contributed by atoms with E-state index in [1.165, 1.54) is 4.31 Å². The van der Waals surface area contributed by atoms with Crippen LogP contribution in [0.2, 0.25) is 0 Å². The zero-order valence-electron chi connectivity index (χ0n) is 19.2. The first-order chi connectivity index (χ1) is 15.8. The molecule has 174 valence electrons. The maximum absolute atomic E-state index is 13.2. The molecule has 0 amide bonds. The fourth-order valence-electron chi connectivity index (χ4n) is 4.46. The summed E-state index contributed by atoms with van der Waals surface area (Å²) in [4.78, 5) is 13.0. The van der Waals surface area contributed by atoms with Gasteiger partial charge in [0, 0.05) is 24.8 Å². The Morgan fingerprint density at radius 3 is 2.33 bits per heavy atom. The predicted molar refractivity (Wildman–Crippen MR) is 125 cm³/mol. The molecule has 1 aromatic heterocycles. The zero-order chi connectivity index (χ0) is 23.6. The van der Waals surface area contributed by atoms with E-state index in [4.69, 9.17) is 4.74 Å². The number of sulfonamides is 1. The van der Waals surface area contributed by atoms with Crippen molar-refractivity contribution in [2.75, 3.05) is 13.1 Å². The third-order valence-corrected chi connectivity index (χ3v) is 8.23. The summed E-state index contributed by atoms with van der Waals surface area (Å²) in [6.07, 6.45) is 4.42. The Hall–Kier alpha value is -2.97. The van der Waals surface area contributed by atoms with Crippen LogP contribution in [0.3, 0.4) is 0 Å². The Morgan fingerprint density at radius 2 is 1.70 bits per heavy atom. The second kappa shape index (κ2) is 9.49. The van der Waals surface area contributed by atoms with E-state index in [1.54, 1.807) is 10.9 Å². The number of esters is 1. The van der Waals surface area contributed by atoms with Crippen LogP contribution in [0.25, 0.3) is 5.69 Å². The van der Waals surface area contributed by atoms with Crippen LogP contribution in [0.1, 0.15) is 35.1 Å². The number of aromatic nitrogens is 2. The lowest BCUT2D eigenvalue weighted by Gasteiger charge is -2.31. The molecule has 2 heterocycles. The number of carbonyl (C=O) groups is 1. The monoisotopic (exact) mass is 467 g/mol. The van der Waals surface area contributed by atoms with Crippen LogP contribution in [0, 0.1) is 26.7 Å². The van der Waals surface area contributed by atoms with Crippen LogP contribution in [-0.2, 0) is 26.2 Å². The van der Waals surface area contributed by atoms with Crippen LogP contribution in [0.15, 0.2) is 59.8 Å². The Morgan fingerprint density at radius 1 is 1.06 bits per heavy atom. The molecule has 0 spiro atoms. The first-order valence-corrected chi connectivity index (χ1v) is 12.5. The lowest BCUT2D eigenvalue weighted by molar-refractivity contribution is -0.151. The van der Waals surface area contributed by atoms with Gasteiger partial charge in [-0.15, -0.1) is 0 Å². The zero-order valence-corrected chi connectivity index (χ0v) is 20.0. The second-order valence-corrected chi connectivity index (χ2v) is 10.5. The van der Waals surface area contributed by atoms with Gasteiger partial charge in [0.05, 0.1) is 22.7 Å². The number of hydrogen-bond donors (Lipinski definition) is 0. The lowest BCUT2D eigenvalue weighted by Crippen LogP contribution is -2.41. The molecular formula is C25H29N3O4S. The molecule has 0 radical (unpaired) electrons. The number of nitrogens with zero attached hydrogens (tertiary/aromatic N) is 3. The third-order valence-electron chi connectivity index (χ3n) is 6.03. The molecule has 33 heavy (non-hydrogen) atoms. The van der Waals surface area contributed by atoms with E-state index in [0.29, 0.717) is 30.8 Å². The lowest BCUT2D eigenvalue weighted by atomic mass is 9.98.